The molecular formula is C14H20N4. The average molecular weight is 244 g/mol. The smallest absolute Gasteiger partial charge is 0.161 e. The van der Waals surface area contributed by atoms with E-state index in [4.69, 9.17) is 0 Å². The third-order valence-electron chi connectivity index (χ3n) is 2.96. The summed E-state index contributed by atoms with van der Waals surface area (Å²) >= 11 is 0. The number of hydrogen-bond acceptors (Lipinski definition) is 3. The Morgan fingerprint density at radius 2 is 2.17 bits per heavy atom. The number of hydrogen-bond donors (Lipinski definition) is 1. The number of nitrogens with one attached hydrogen (secondary N) is 1. The number of aromatic nitrogens is 3. The zero-order valence-corrected chi connectivity index (χ0v) is 11.2. The van der Waals surface area contributed by atoms with Crippen LogP contribution in [0.5, 0.6) is 0 Å². The maximum atomic E-state index is 4.46. The van der Waals surface area contributed by atoms with Crippen LogP contribution in [-0.4, -0.2) is 20.6 Å². The molecule has 1 N–H and O–H groups in total. The Labute approximate surface area is 108 Å². The number of anilines is 1. The molecule has 0 aliphatic rings. The average Bonchev–Trinajstić information content (AvgIpc) is 2.76. The normalized spacial score (nSPS) is 12.4. The van der Waals surface area contributed by atoms with Gasteiger partial charge in [-0.25, -0.2) is 9.97 Å². The summed E-state index contributed by atoms with van der Waals surface area (Å²) in [6.07, 6.45) is 7.87. The van der Waals surface area contributed by atoms with Crippen LogP contribution < -0.4 is 5.32 Å². The molecule has 18 heavy (non-hydrogen) atoms. The molecule has 2 heterocycles. The summed E-state index contributed by atoms with van der Waals surface area (Å²) in [6, 6.07) is 4.46. The number of rotatable bonds is 5. The minimum atomic E-state index is 0.446. The summed E-state index contributed by atoms with van der Waals surface area (Å²) in [6.45, 7) is 6.37. The zero-order valence-electron chi connectivity index (χ0n) is 11.2. The van der Waals surface area contributed by atoms with Gasteiger partial charge >= 0.3 is 0 Å². The highest BCUT2D eigenvalue weighted by Gasteiger charge is 2.09. The maximum Gasteiger partial charge on any atom is 0.161 e. The first-order valence-electron chi connectivity index (χ1n) is 6.44. The van der Waals surface area contributed by atoms with Gasteiger partial charge in [-0.2, -0.15) is 0 Å². The fourth-order valence-electron chi connectivity index (χ4n) is 2.07. The molecule has 1 atom stereocenters. The van der Waals surface area contributed by atoms with E-state index in [9.17, 15) is 0 Å². The summed E-state index contributed by atoms with van der Waals surface area (Å²) in [5, 5.41) is 3.52. The van der Waals surface area contributed by atoms with E-state index in [0.717, 1.165) is 23.8 Å². The van der Waals surface area contributed by atoms with Crippen LogP contribution in [0.25, 0.3) is 5.82 Å². The maximum absolute atomic E-state index is 4.46. The van der Waals surface area contributed by atoms with Gasteiger partial charge in [0.05, 0.1) is 5.69 Å². The van der Waals surface area contributed by atoms with Gasteiger partial charge in [0.1, 0.15) is 5.82 Å². The molecule has 0 aromatic carbocycles. The summed E-state index contributed by atoms with van der Waals surface area (Å²) in [7, 11) is 0. The third kappa shape index (κ3) is 2.70. The molecule has 0 radical (unpaired) electrons. The Morgan fingerprint density at radius 1 is 1.33 bits per heavy atom. The molecule has 0 saturated heterocycles. The van der Waals surface area contributed by atoms with Crippen molar-refractivity contribution in [3.05, 3.63) is 36.5 Å². The molecule has 4 heteroatoms. The summed E-state index contributed by atoms with van der Waals surface area (Å²) in [5.41, 5.74) is 1.06. The predicted octanol–water partition coefficient (Wildman–Crippen LogP) is 3.18. The summed E-state index contributed by atoms with van der Waals surface area (Å²) in [4.78, 5) is 8.70. The van der Waals surface area contributed by atoms with Gasteiger partial charge in [0, 0.05) is 24.6 Å². The molecule has 0 aliphatic heterocycles. The molecule has 96 valence electrons. The topological polar surface area (TPSA) is 42.7 Å². The van der Waals surface area contributed by atoms with Gasteiger partial charge in [0.2, 0.25) is 0 Å². The Kier molecular flexibility index (Phi) is 3.97. The van der Waals surface area contributed by atoms with E-state index in [1.54, 1.807) is 6.20 Å². The van der Waals surface area contributed by atoms with Crippen molar-refractivity contribution >= 4 is 5.69 Å². The predicted molar refractivity (Wildman–Crippen MR) is 74.1 cm³/mol. The first kappa shape index (κ1) is 12.6. The second kappa shape index (κ2) is 5.67. The number of aryl methyl sites for hydroxylation is 1. The van der Waals surface area contributed by atoms with Gasteiger partial charge in [-0.15, -0.1) is 0 Å². The molecule has 0 saturated carbocycles. The lowest BCUT2D eigenvalue weighted by atomic mass is 10.2. The van der Waals surface area contributed by atoms with Crippen LogP contribution in [0.3, 0.4) is 0 Å². The van der Waals surface area contributed by atoms with Crippen LogP contribution in [-0.2, 0) is 0 Å². The van der Waals surface area contributed by atoms with E-state index in [1.165, 1.54) is 6.42 Å². The van der Waals surface area contributed by atoms with Gasteiger partial charge < -0.3 is 5.32 Å². The van der Waals surface area contributed by atoms with Crippen LogP contribution in [0.15, 0.2) is 30.7 Å². The van der Waals surface area contributed by atoms with E-state index >= 15 is 0 Å². The molecular weight excluding hydrogens is 224 g/mol. The van der Waals surface area contributed by atoms with E-state index in [2.05, 4.69) is 35.2 Å². The fourth-order valence-corrected chi connectivity index (χ4v) is 2.07. The highest BCUT2D eigenvalue weighted by atomic mass is 15.1. The second-order valence-electron chi connectivity index (χ2n) is 4.55. The molecule has 0 aliphatic carbocycles. The molecule has 0 spiro atoms. The first-order valence-corrected chi connectivity index (χ1v) is 6.44. The Morgan fingerprint density at radius 3 is 2.83 bits per heavy atom. The van der Waals surface area contributed by atoms with Crippen molar-refractivity contribution in [2.75, 3.05) is 5.32 Å². The number of nitrogens with zero attached hydrogens (tertiary/aromatic N) is 3. The third-order valence-corrected chi connectivity index (χ3v) is 2.96. The highest BCUT2D eigenvalue weighted by molar-refractivity contribution is 5.57. The lowest BCUT2D eigenvalue weighted by Crippen LogP contribution is -2.16. The highest BCUT2D eigenvalue weighted by Crippen LogP contribution is 2.20. The standard InChI is InChI=1S/C14H20N4/c1-4-6-11(2)17-13-7-5-8-16-14(13)18-10-9-15-12(18)3/h5,7-11,17H,4,6H2,1-3H3. The van der Waals surface area contributed by atoms with Gasteiger partial charge in [-0.1, -0.05) is 13.3 Å². The monoisotopic (exact) mass is 244 g/mol. The van der Waals surface area contributed by atoms with Crippen LogP contribution in [0.2, 0.25) is 0 Å². The number of imidazole rings is 1. The second-order valence-corrected chi connectivity index (χ2v) is 4.55. The zero-order chi connectivity index (χ0) is 13.0. The fraction of sp³-hybridized carbons (Fsp3) is 0.429. The van der Waals surface area contributed by atoms with E-state index in [1.807, 2.05) is 30.0 Å². The Balaban J connectivity index is 2.29. The van der Waals surface area contributed by atoms with Crippen LogP contribution in [0.4, 0.5) is 5.69 Å². The molecule has 2 aromatic rings. The first-order chi connectivity index (χ1) is 8.72. The summed E-state index contributed by atoms with van der Waals surface area (Å²) in [5.74, 6) is 1.86. The van der Waals surface area contributed by atoms with Crippen LogP contribution in [0, 0.1) is 6.92 Å². The van der Waals surface area contributed by atoms with Crippen molar-refractivity contribution in [3.8, 4) is 5.82 Å². The molecule has 4 nitrogen and oxygen atoms in total. The quantitative estimate of drug-likeness (QED) is 0.878. The summed E-state index contributed by atoms with van der Waals surface area (Å²) < 4.78 is 2.00. The van der Waals surface area contributed by atoms with E-state index in [0.29, 0.717) is 6.04 Å². The van der Waals surface area contributed by atoms with Crippen molar-refractivity contribution in [3.63, 3.8) is 0 Å². The van der Waals surface area contributed by atoms with Crippen molar-refractivity contribution in [1.82, 2.24) is 14.5 Å². The molecule has 2 rings (SSSR count). The van der Waals surface area contributed by atoms with Gasteiger partial charge in [0.25, 0.3) is 0 Å². The SMILES string of the molecule is CCCC(C)Nc1cccnc1-n1ccnc1C. The van der Waals surface area contributed by atoms with Crippen molar-refractivity contribution in [2.24, 2.45) is 0 Å². The Bertz CT molecular complexity index is 504. The lowest BCUT2D eigenvalue weighted by molar-refractivity contribution is 0.689. The lowest BCUT2D eigenvalue weighted by Gasteiger charge is -2.17. The molecule has 0 amide bonds. The van der Waals surface area contributed by atoms with Gasteiger partial charge in [0.15, 0.2) is 5.82 Å². The van der Waals surface area contributed by atoms with Crippen LogP contribution >= 0.6 is 0 Å². The van der Waals surface area contributed by atoms with Crippen molar-refractivity contribution in [2.45, 2.75) is 39.7 Å². The van der Waals surface area contributed by atoms with Crippen molar-refractivity contribution in [1.29, 1.82) is 0 Å². The van der Waals surface area contributed by atoms with E-state index < -0.39 is 0 Å². The van der Waals surface area contributed by atoms with E-state index in [-0.39, 0.29) is 0 Å². The molecule has 0 bridgehead atoms. The molecule has 1 unspecified atom stereocenters. The molecule has 2 aromatic heterocycles. The van der Waals surface area contributed by atoms with Crippen molar-refractivity contribution < 1.29 is 0 Å². The van der Waals surface area contributed by atoms with Crippen LogP contribution in [0.1, 0.15) is 32.5 Å². The minimum absolute atomic E-state index is 0.446. The largest absolute Gasteiger partial charge is 0.380 e. The number of pyridine rings is 1. The van der Waals surface area contributed by atoms with Gasteiger partial charge in [-0.05, 0) is 32.4 Å². The Hall–Kier alpha value is -1.84. The minimum Gasteiger partial charge on any atom is -0.380 e. The molecule has 0 fully saturated rings. The van der Waals surface area contributed by atoms with Gasteiger partial charge in [-0.3, -0.25) is 4.57 Å².